The summed E-state index contributed by atoms with van der Waals surface area (Å²) in [5, 5.41) is 0.825. The van der Waals surface area contributed by atoms with E-state index in [-0.39, 0.29) is 0 Å². The standard InChI is InChI=1S/C12H24N2S/c1-9(13)11-5-6-14(8-11)12-4-3-7-15-10(12)2/h9-12H,3-8,13H2,1-2H3. The molecule has 2 nitrogen and oxygen atoms in total. The van der Waals surface area contributed by atoms with Crippen LogP contribution in [-0.4, -0.2) is 41.1 Å². The molecule has 0 spiro atoms. The second kappa shape index (κ2) is 5.07. The molecule has 2 aliphatic heterocycles. The molecule has 15 heavy (non-hydrogen) atoms. The Morgan fingerprint density at radius 2 is 2.20 bits per heavy atom. The molecule has 0 amide bonds. The Morgan fingerprint density at radius 1 is 1.40 bits per heavy atom. The van der Waals surface area contributed by atoms with Gasteiger partial charge in [-0.25, -0.2) is 0 Å². The van der Waals surface area contributed by atoms with Gasteiger partial charge in [-0.1, -0.05) is 6.92 Å². The van der Waals surface area contributed by atoms with E-state index < -0.39 is 0 Å². The van der Waals surface area contributed by atoms with Crippen LogP contribution < -0.4 is 5.73 Å². The molecule has 0 aromatic rings. The van der Waals surface area contributed by atoms with Crippen LogP contribution in [0.25, 0.3) is 0 Å². The van der Waals surface area contributed by atoms with E-state index in [2.05, 4.69) is 30.5 Å². The number of likely N-dealkylation sites (tertiary alicyclic amines) is 1. The van der Waals surface area contributed by atoms with Crippen molar-refractivity contribution in [3.63, 3.8) is 0 Å². The summed E-state index contributed by atoms with van der Waals surface area (Å²) in [6.07, 6.45) is 4.12. The van der Waals surface area contributed by atoms with Crippen LogP contribution in [0.1, 0.15) is 33.1 Å². The molecule has 0 radical (unpaired) electrons. The summed E-state index contributed by atoms with van der Waals surface area (Å²) in [4.78, 5) is 2.70. The Hall–Kier alpha value is 0.270. The van der Waals surface area contributed by atoms with Gasteiger partial charge in [0.15, 0.2) is 0 Å². The zero-order valence-electron chi connectivity index (χ0n) is 9.98. The van der Waals surface area contributed by atoms with E-state index in [4.69, 9.17) is 5.73 Å². The second-order valence-corrected chi connectivity index (χ2v) is 6.67. The van der Waals surface area contributed by atoms with Gasteiger partial charge in [-0.2, -0.15) is 11.8 Å². The van der Waals surface area contributed by atoms with Gasteiger partial charge >= 0.3 is 0 Å². The van der Waals surface area contributed by atoms with Crippen LogP contribution in [0.3, 0.4) is 0 Å². The number of hydrogen-bond acceptors (Lipinski definition) is 3. The molecule has 4 unspecified atom stereocenters. The third-order valence-electron chi connectivity index (χ3n) is 4.04. The first kappa shape index (κ1) is 11.7. The van der Waals surface area contributed by atoms with Crippen molar-refractivity contribution in [3.05, 3.63) is 0 Å². The lowest BCUT2D eigenvalue weighted by Gasteiger charge is -2.36. The molecule has 88 valence electrons. The minimum absolute atomic E-state index is 0.376. The molecule has 2 fully saturated rings. The molecule has 0 aliphatic carbocycles. The molecule has 0 aromatic carbocycles. The molecule has 0 aromatic heterocycles. The number of nitrogens with two attached hydrogens (primary N) is 1. The van der Waals surface area contributed by atoms with Crippen molar-refractivity contribution in [3.8, 4) is 0 Å². The molecule has 0 saturated carbocycles. The number of hydrogen-bond donors (Lipinski definition) is 1. The maximum absolute atomic E-state index is 5.99. The van der Waals surface area contributed by atoms with E-state index in [1.165, 1.54) is 38.1 Å². The van der Waals surface area contributed by atoms with Crippen molar-refractivity contribution in [1.29, 1.82) is 0 Å². The Labute approximate surface area is 98.0 Å². The minimum Gasteiger partial charge on any atom is -0.328 e. The van der Waals surface area contributed by atoms with E-state index in [0.717, 1.165) is 17.2 Å². The monoisotopic (exact) mass is 228 g/mol. The summed E-state index contributed by atoms with van der Waals surface area (Å²) in [5.41, 5.74) is 5.99. The Kier molecular flexibility index (Phi) is 3.97. The van der Waals surface area contributed by atoms with Gasteiger partial charge in [0.1, 0.15) is 0 Å². The highest BCUT2D eigenvalue weighted by atomic mass is 32.2. The molecule has 2 heterocycles. The van der Waals surface area contributed by atoms with Gasteiger partial charge in [-0.3, -0.25) is 4.90 Å². The lowest BCUT2D eigenvalue weighted by atomic mass is 10.0. The minimum atomic E-state index is 0.376. The van der Waals surface area contributed by atoms with Crippen LogP contribution in [0.5, 0.6) is 0 Å². The summed E-state index contributed by atoms with van der Waals surface area (Å²) in [6, 6.07) is 1.20. The Balaban J connectivity index is 1.89. The number of rotatable bonds is 2. The normalized spacial score (nSPS) is 40.6. The van der Waals surface area contributed by atoms with Gasteiger partial charge in [0.05, 0.1) is 0 Å². The largest absolute Gasteiger partial charge is 0.328 e. The summed E-state index contributed by atoms with van der Waals surface area (Å²) < 4.78 is 0. The predicted octanol–water partition coefficient (Wildman–Crippen LogP) is 1.94. The molecule has 2 rings (SSSR count). The fourth-order valence-corrected chi connectivity index (χ4v) is 4.17. The van der Waals surface area contributed by atoms with Crippen LogP contribution in [0.4, 0.5) is 0 Å². The molecule has 4 atom stereocenters. The van der Waals surface area contributed by atoms with Gasteiger partial charge < -0.3 is 5.73 Å². The van der Waals surface area contributed by atoms with E-state index in [9.17, 15) is 0 Å². The maximum Gasteiger partial charge on any atom is 0.0212 e. The Morgan fingerprint density at radius 3 is 2.80 bits per heavy atom. The SMILES string of the molecule is CC(N)C1CCN(C2CCCSC2C)C1. The smallest absolute Gasteiger partial charge is 0.0212 e. The molecule has 0 bridgehead atoms. The summed E-state index contributed by atoms with van der Waals surface area (Å²) >= 11 is 2.15. The molecular weight excluding hydrogens is 204 g/mol. The first-order chi connectivity index (χ1) is 7.18. The fraction of sp³-hybridized carbons (Fsp3) is 1.00. The van der Waals surface area contributed by atoms with Crippen molar-refractivity contribution in [2.24, 2.45) is 11.7 Å². The highest BCUT2D eigenvalue weighted by molar-refractivity contribution is 7.99. The van der Waals surface area contributed by atoms with E-state index in [1.54, 1.807) is 0 Å². The van der Waals surface area contributed by atoms with Crippen LogP contribution in [0.15, 0.2) is 0 Å². The lowest BCUT2D eigenvalue weighted by Crippen LogP contribution is -2.42. The molecular formula is C12H24N2S. The molecule has 3 heteroatoms. The quantitative estimate of drug-likeness (QED) is 0.783. The average molecular weight is 228 g/mol. The third-order valence-corrected chi connectivity index (χ3v) is 5.40. The predicted molar refractivity (Wildman–Crippen MR) is 68.3 cm³/mol. The lowest BCUT2D eigenvalue weighted by molar-refractivity contribution is 0.213. The van der Waals surface area contributed by atoms with Crippen molar-refractivity contribution >= 4 is 11.8 Å². The highest BCUT2D eigenvalue weighted by Crippen LogP contribution is 2.32. The van der Waals surface area contributed by atoms with Crippen molar-refractivity contribution < 1.29 is 0 Å². The van der Waals surface area contributed by atoms with Crippen molar-refractivity contribution in [2.75, 3.05) is 18.8 Å². The fourth-order valence-electron chi connectivity index (χ4n) is 2.93. The summed E-state index contributed by atoms with van der Waals surface area (Å²) in [6.45, 7) is 7.08. The van der Waals surface area contributed by atoms with Crippen LogP contribution in [0.2, 0.25) is 0 Å². The number of nitrogens with zero attached hydrogens (tertiary/aromatic N) is 1. The molecule has 2 saturated heterocycles. The van der Waals surface area contributed by atoms with Gasteiger partial charge in [-0.15, -0.1) is 0 Å². The van der Waals surface area contributed by atoms with E-state index in [1.807, 2.05) is 0 Å². The highest BCUT2D eigenvalue weighted by Gasteiger charge is 2.33. The second-order valence-electron chi connectivity index (χ2n) is 5.19. The van der Waals surface area contributed by atoms with Gasteiger partial charge in [-0.05, 0) is 44.4 Å². The van der Waals surface area contributed by atoms with Gasteiger partial charge in [0, 0.05) is 23.9 Å². The van der Waals surface area contributed by atoms with Crippen LogP contribution in [0, 0.1) is 5.92 Å². The zero-order chi connectivity index (χ0) is 10.8. The maximum atomic E-state index is 5.99. The summed E-state index contributed by atoms with van der Waals surface area (Å²) in [7, 11) is 0. The first-order valence-corrected chi connectivity index (χ1v) is 7.34. The third kappa shape index (κ3) is 2.69. The van der Waals surface area contributed by atoms with Crippen LogP contribution >= 0.6 is 11.8 Å². The van der Waals surface area contributed by atoms with E-state index in [0.29, 0.717) is 6.04 Å². The number of thioether (sulfide) groups is 1. The van der Waals surface area contributed by atoms with Crippen LogP contribution in [-0.2, 0) is 0 Å². The van der Waals surface area contributed by atoms with Crippen molar-refractivity contribution in [2.45, 2.75) is 50.4 Å². The average Bonchev–Trinajstić information content (AvgIpc) is 2.67. The van der Waals surface area contributed by atoms with Gasteiger partial charge in [0.2, 0.25) is 0 Å². The van der Waals surface area contributed by atoms with Crippen molar-refractivity contribution in [1.82, 2.24) is 4.90 Å². The van der Waals surface area contributed by atoms with Gasteiger partial charge in [0.25, 0.3) is 0 Å². The Bertz CT molecular complexity index is 208. The molecule has 2 aliphatic rings. The summed E-state index contributed by atoms with van der Waals surface area (Å²) in [5.74, 6) is 2.10. The molecule has 2 N–H and O–H groups in total. The topological polar surface area (TPSA) is 29.3 Å². The zero-order valence-corrected chi connectivity index (χ0v) is 10.8. The van der Waals surface area contributed by atoms with E-state index >= 15 is 0 Å². The first-order valence-electron chi connectivity index (χ1n) is 6.29.